The van der Waals surface area contributed by atoms with Gasteiger partial charge in [-0.25, -0.2) is 0 Å². The lowest BCUT2D eigenvalue weighted by molar-refractivity contribution is -0.140. The van der Waals surface area contributed by atoms with Crippen LogP contribution in [0.3, 0.4) is 0 Å². The minimum atomic E-state index is -0.896. The molecule has 3 aromatic carbocycles. The van der Waals surface area contributed by atoms with Gasteiger partial charge >= 0.3 is 0 Å². The number of benzene rings is 3. The molecule has 1 unspecified atom stereocenters. The largest absolute Gasteiger partial charge is 0.361 e. The fraction of sp³-hybridized carbons (Fsp3) is 0.154. The molecule has 0 aliphatic carbocycles. The molecule has 4 nitrogen and oxygen atoms in total. The van der Waals surface area contributed by atoms with Gasteiger partial charge in [-0.05, 0) is 40.6 Å². The number of hydrogen-bond donors (Lipinski definition) is 1. The second-order valence-electron chi connectivity index (χ2n) is 7.97. The summed E-state index contributed by atoms with van der Waals surface area (Å²) in [5, 5.41) is 1.09. The fourth-order valence-electron chi connectivity index (χ4n) is 4.48. The zero-order valence-electron chi connectivity index (χ0n) is 16.5. The third-order valence-electron chi connectivity index (χ3n) is 6.05. The van der Waals surface area contributed by atoms with E-state index < -0.39 is 5.41 Å². The number of rotatable bonds is 5. The molecule has 1 aromatic heterocycles. The summed E-state index contributed by atoms with van der Waals surface area (Å²) >= 11 is 0. The highest BCUT2D eigenvalue weighted by Crippen LogP contribution is 2.41. The molecule has 0 saturated carbocycles. The number of hydrogen-bond acceptors (Lipinski definition) is 2. The first-order valence-electron chi connectivity index (χ1n) is 10.2. The van der Waals surface area contributed by atoms with Crippen molar-refractivity contribution in [2.45, 2.75) is 24.8 Å². The second-order valence-corrected chi connectivity index (χ2v) is 7.97. The topological polar surface area (TPSA) is 53.2 Å². The van der Waals surface area contributed by atoms with Gasteiger partial charge in [-0.1, -0.05) is 72.8 Å². The van der Waals surface area contributed by atoms with Gasteiger partial charge in [-0.3, -0.25) is 14.5 Å². The van der Waals surface area contributed by atoms with Crippen LogP contribution in [0.25, 0.3) is 10.9 Å². The quantitative estimate of drug-likeness (QED) is 0.503. The predicted octanol–water partition coefficient (Wildman–Crippen LogP) is 4.61. The Balaban J connectivity index is 1.59. The zero-order chi connectivity index (χ0) is 20.6. The molecule has 1 fully saturated rings. The lowest BCUT2D eigenvalue weighted by Gasteiger charge is -2.28. The molecule has 30 heavy (non-hydrogen) atoms. The maximum atomic E-state index is 13.8. The Morgan fingerprint density at radius 1 is 0.833 bits per heavy atom. The number of nitrogens with zero attached hydrogens (tertiary/aromatic N) is 1. The third-order valence-corrected chi connectivity index (χ3v) is 6.05. The van der Waals surface area contributed by atoms with Gasteiger partial charge in [0, 0.05) is 18.1 Å². The Morgan fingerprint density at radius 3 is 2.27 bits per heavy atom. The van der Waals surface area contributed by atoms with Crippen LogP contribution in [0.4, 0.5) is 0 Å². The molecule has 4 heteroatoms. The summed E-state index contributed by atoms with van der Waals surface area (Å²) in [5.74, 6) is -0.238. The lowest BCUT2D eigenvalue weighted by atomic mass is 9.74. The van der Waals surface area contributed by atoms with Crippen LogP contribution in [0.1, 0.15) is 23.1 Å². The number of aromatic nitrogens is 1. The van der Waals surface area contributed by atoms with E-state index in [1.807, 2.05) is 91.1 Å². The van der Waals surface area contributed by atoms with Crippen LogP contribution >= 0.6 is 0 Å². The first-order valence-corrected chi connectivity index (χ1v) is 10.2. The predicted molar refractivity (Wildman–Crippen MR) is 117 cm³/mol. The highest BCUT2D eigenvalue weighted by molar-refractivity contribution is 6.09. The molecule has 148 valence electrons. The number of nitrogens with one attached hydrogen (secondary N) is 1. The van der Waals surface area contributed by atoms with Gasteiger partial charge in [0.25, 0.3) is 0 Å². The van der Waals surface area contributed by atoms with E-state index in [9.17, 15) is 9.59 Å². The van der Waals surface area contributed by atoms with Gasteiger partial charge in [0.05, 0.1) is 12.0 Å². The second kappa shape index (κ2) is 7.30. The molecular weight excluding hydrogens is 372 g/mol. The molecule has 0 spiro atoms. The first-order chi connectivity index (χ1) is 14.7. The van der Waals surface area contributed by atoms with Gasteiger partial charge < -0.3 is 4.98 Å². The number of H-pyrrole nitrogens is 1. The Bertz CT molecular complexity index is 1210. The third kappa shape index (κ3) is 3.11. The van der Waals surface area contributed by atoms with Crippen molar-refractivity contribution in [3.63, 3.8) is 0 Å². The van der Waals surface area contributed by atoms with E-state index >= 15 is 0 Å². The standard InChI is InChI=1S/C26H22N2O2/c29-24-17-26(16-19-7-3-1-4-8-19,22-12-11-21-13-14-27-23(21)15-22)25(30)28(24)18-20-9-5-2-6-10-20/h1-15,27H,16-18H2. The van der Waals surface area contributed by atoms with Crippen molar-refractivity contribution in [3.05, 3.63) is 108 Å². The average Bonchev–Trinajstić information content (AvgIpc) is 3.34. The molecule has 4 aromatic rings. The van der Waals surface area contributed by atoms with Gasteiger partial charge in [0.2, 0.25) is 11.8 Å². The normalized spacial score (nSPS) is 19.0. The van der Waals surface area contributed by atoms with Crippen molar-refractivity contribution < 1.29 is 9.59 Å². The van der Waals surface area contributed by atoms with Crippen LogP contribution < -0.4 is 0 Å². The summed E-state index contributed by atoms with van der Waals surface area (Å²) in [6, 6.07) is 27.7. The summed E-state index contributed by atoms with van der Waals surface area (Å²) < 4.78 is 0. The fourth-order valence-corrected chi connectivity index (χ4v) is 4.48. The highest BCUT2D eigenvalue weighted by atomic mass is 16.2. The molecule has 0 radical (unpaired) electrons. The van der Waals surface area contributed by atoms with Gasteiger partial charge in [-0.15, -0.1) is 0 Å². The van der Waals surface area contributed by atoms with Crippen LogP contribution in [0.2, 0.25) is 0 Å². The molecular formula is C26H22N2O2. The van der Waals surface area contributed by atoms with E-state index in [1.54, 1.807) is 0 Å². The van der Waals surface area contributed by atoms with E-state index in [0.29, 0.717) is 13.0 Å². The molecule has 2 heterocycles. The Labute approximate surface area is 175 Å². The van der Waals surface area contributed by atoms with Crippen molar-refractivity contribution in [3.8, 4) is 0 Å². The molecule has 5 rings (SSSR count). The summed E-state index contributed by atoms with van der Waals surface area (Å²) in [6.45, 7) is 0.305. The highest BCUT2D eigenvalue weighted by Gasteiger charge is 2.52. The number of carbonyl (C=O) groups is 2. The minimum Gasteiger partial charge on any atom is -0.361 e. The van der Waals surface area contributed by atoms with Crippen LogP contribution in [-0.4, -0.2) is 21.7 Å². The summed E-state index contributed by atoms with van der Waals surface area (Å²) in [7, 11) is 0. The van der Waals surface area contributed by atoms with Gasteiger partial charge in [-0.2, -0.15) is 0 Å². The lowest BCUT2D eigenvalue weighted by Crippen LogP contribution is -2.40. The zero-order valence-corrected chi connectivity index (χ0v) is 16.5. The van der Waals surface area contributed by atoms with Crippen molar-refractivity contribution >= 4 is 22.7 Å². The molecule has 1 atom stereocenters. The Hall–Kier alpha value is -3.66. The van der Waals surface area contributed by atoms with E-state index in [0.717, 1.165) is 27.6 Å². The smallest absolute Gasteiger partial charge is 0.241 e. The number of fused-ring (bicyclic) bond motifs is 1. The Morgan fingerprint density at radius 2 is 1.53 bits per heavy atom. The van der Waals surface area contributed by atoms with E-state index in [2.05, 4.69) is 4.98 Å². The van der Waals surface area contributed by atoms with E-state index in [4.69, 9.17) is 0 Å². The monoisotopic (exact) mass is 394 g/mol. The van der Waals surface area contributed by atoms with Crippen LogP contribution in [0, 0.1) is 0 Å². The molecule has 1 N–H and O–H groups in total. The van der Waals surface area contributed by atoms with Crippen molar-refractivity contribution in [2.75, 3.05) is 0 Å². The van der Waals surface area contributed by atoms with Crippen molar-refractivity contribution in [1.29, 1.82) is 0 Å². The molecule has 2 amide bonds. The molecule has 1 saturated heterocycles. The van der Waals surface area contributed by atoms with E-state index in [1.165, 1.54) is 4.90 Å². The van der Waals surface area contributed by atoms with Crippen LogP contribution in [0.15, 0.2) is 91.1 Å². The van der Waals surface area contributed by atoms with Crippen LogP contribution in [-0.2, 0) is 28.0 Å². The molecule has 1 aliphatic heterocycles. The van der Waals surface area contributed by atoms with Crippen molar-refractivity contribution in [2.24, 2.45) is 0 Å². The van der Waals surface area contributed by atoms with Gasteiger partial charge in [0.1, 0.15) is 0 Å². The number of imide groups is 1. The number of amides is 2. The summed E-state index contributed by atoms with van der Waals surface area (Å²) in [6.07, 6.45) is 2.57. The van der Waals surface area contributed by atoms with Crippen LogP contribution in [0.5, 0.6) is 0 Å². The minimum absolute atomic E-state index is 0.119. The first kappa shape index (κ1) is 18.4. The maximum Gasteiger partial charge on any atom is 0.241 e. The van der Waals surface area contributed by atoms with E-state index in [-0.39, 0.29) is 18.2 Å². The number of aromatic amines is 1. The number of likely N-dealkylation sites (tertiary alicyclic amines) is 1. The maximum absolute atomic E-state index is 13.8. The van der Waals surface area contributed by atoms with Gasteiger partial charge in [0.15, 0.2) is 0 Å². The SMILES string of the molecule is O=C1CC(Cc2ccccc2)(c2ccc3cc[nH]c3c2)C(=O)N1Cc1ccccc1. The molecule has 0 bridgehead atoms. The average molecular weight is 394 g/mol. The molecule has 1 aliphatic rings. The summed E-state index contributed by atoms with van der Waals surface area (Å²) in [4.78, 5) is 31.6. The summed E-state index contributed by atoms with van der Waals surface area (Å²) in [5.41, 5.74) is 2.96. The number of carbonyl (C=O) groups excluding carboxylic acids is 2. The Kier molecular flexibility index (Phi) is 4.47. The van der Waals surface area contributed by atoms with Crippen molar-refractivity contribution in [1.82, 2.24) is 9.88 Å².